The van der Waals surface area contributed by atoms with Crippen molar-refractivity contribution in [3.63, 3.8) is 0 Å². The molecule has 0 aliphatic heterocycles. The summed E-state index contributed by atoms with van der Waals surface area (Å²) < 4.78 is 0. The fraction of sp³-hybridized carbons (Fsp3) is 0.400. The average Bonchev–Trinajstić information content (AvgIpc) is 2.13. The van der Waals surface area contributed by atoms with E-state index in [0.717, 1.165) is 11.1 Å². The van der Waals surface area contributed by atoms with E-state index < -0.39 is 0 Å². The molecule has 0 aromatic heterocycles. The number of phenols is 1. The molecule has 1 atom stereocenters. The summed E-state index contributed by atoms with van der Waals surface area (Å²) in [7, 11) is 0. The Kier molecular flexibility index (Phi) is 3.28. The third-order valence-electron chi connectivity index (χ3n) is 2.13. The molecule has 1 rings (SSSR count). The highest BCUT2D eigenvalue weighted by atomic mass is 16.3. The van der Waals surface area contributed by atoms with E-state index in [2.05, 4.69) is 0 Å². The second kappa shape index (κ2) is 4.25. The highest BCUT2D eigenvalue weighted by Gasteiger charge is 2.12. The molecule has 0 saturated heterocycles. The van der Waals surface area contributed by atoms with Crippen LogP contribution in [0.3, 0.4) is 0 Å². The van der Waals surface area contributed by atoms with Crippen molar-refractivity contribution in [2.24, 2.45) is 5.73 Å². The SMILES string of the molecule is Cc1ccc(O)c(C(CN)CO)c1. The molecular formula is C10H15NO2. The van der Waals surface area contributed by atoms with Crippen LogP contribution in [0.4, 0.5) is 0 Å². The van der Waals surface area contributed by atoms with Gasteiger partial charge in [0, 0.05) is 18.0 Å². The van der Waals surface area contributed by atoms with Gasteiger partial charge < -0.3 is 15.9 Å². The first-order chi connectivity index (χ1) is 6.19. The number of benzene rings is 1. The van der Waals surface area contributed by atoms with Crippen LogP contribution in [0.1, 0.15) is 17.0 Å². The van der Waals surface area contributed by atoms with Crippen molar-refractivity contribution in [3.8, 4) is 5.75 Å². The number of nitrogens with two attached hydrogens (primary N) is 1. The highest BCUT2D eigenvalue weighted by molar-refractivity contribution is 5.38. The van der Waals surface area contributed by atoms with Crippen LogP contribution in [-0.2, 0) is 0 Å². The van der Waals surface area contributed by atoms with E-state index in [4.69, 9.17) is 10.8 Å². The Hall–Kier alpha value is -1.06. The molecule has 1 unspecified atom stereocenters. The summed E-state index contributed by atoms with van der Waals surface area (Å²) in [5.74, 6) is 0.0370. The first kappa shape index (κ1) is 10.0. The van der Waals surface area contributed by atoms with Gasteiger partial charge >= 0.3 is 0 Å². The molecule has 4 N–H and O–H groups in total. The van der Waals surface area contributed by atoms with Crippen molar-refractivity contribution < 1.29 is 10.2 Å². The van der Waals surface area contributed by atoms with Gasteiger partial charge in [0.25, 0.3) is 0 Å². The molecular weight excluding hydrogens is 166 g/mol. The smallest absolute Gasteiger partial charge is 0.119 e. The van der Waals surface area contributed by atoms with E-state index in [1.807, 2.05) is 19.1 Å². The molecule has 0 amide bonds. The van der Waals surface area contributed by atoms with Crippen molar-refractivity contribution in [3.05, 3.63) is 29.3 Å². The zero-order valence-electron chi connectivity index (χ0n) is 7.70. The molecule has 0 fully saturated rings. The van der Waals surface area contributed by atoms with Gasteiger partial charge in [-0.15, -0.1) is 0 Å². The molecule has 0 radical (unpaired) electrons. The predicted molar refractivity (Wildman–Crippen MR) is 51.7 cm³/mol. The fourth-order valence-corrected chi connectivity index (χ4v) is 1.30. The number of rotatable bonds is 3. The molecule has 0 heterocycles. The molecule has 0 aliphatic rings. The average molecular weight is 181 g/mol. The summed E-state index contributed by atoms with van der Waals surface area (Å²) in [6.45, 7) is 2.24. The summed E-state index contributed by atoms with van der Waals surface area (Å²) in [5.41, 5.74) is 7.25. The van der Waals surface area contributed by atoms with Gasteiger partial charge in [0.1, 0.15) is 5.75 Å². The number of aliphatic hydroxyl groups excluding tert-OH is 1. The third kappa shape index (κ3) is 2.20. The Morgan fingerprint density at radius 3 is 2.69 bits per heavy atom. The topological polar surface area (TPSA) is 66.5 Å². The van der Waals surface area contributed by atoms with E-state index in [1.165, 1.54) is 0 Å². The summed E-state index contributed by atoms with van der Waals surface area (Å²) in [6.07, 6.45) is 0. The summed E-state index contributed by atoms with van der Waals surface area (Å²) in [6, 6.07) is 5.30. The Morgan fingerprint density at radius 1 is 1.46 bits per heavy atom. The minimum Gasteiger partial charge on any atom is -0.508 e. The molecule has 0 saturated carbocycles. The first-order valence-corrected chi connectivity index (χ1v) is 4.29. The molecule has 13 heavy (non-hydrogen) atoms. The van der Waals surface area contributed by atoms with Crippen molar-refractivity contribution in [2.45, 2.75) is 12.8 Å². The summed E-state index contributed by atoms with van der Waals surface area (Å²) >= 11 is 0. The zero-order valence-corrected chi connectivity index (χ0v) is 7.70. The first-order valence-electron chi connectivity index (χ1n) is 4.29. The molecule has 1 aromatic carbocycles. The number of aromatic hydroxyl groups is 1. The predicted octanol–water partition coefficient (Wildman–Crippen LogP) is 0.735. The largest absolute Gasteiger partial charge is 0.508 e. The second-order valence-electron chi connectivity index (χ2n) is 3.18. The van der Waals surface area contributed by atoms with Crippen LogP contribution in [-0.4, -0.2) is 23.4 Å². The van der Waals surface area contributed by atoms with E-state index >= 15 is 0 Å². The van der Waals surface area contributed by atoms with Gasteiger partial charge in [-0.3, -0.25) is 0 Å². The Balaban J connectivity index is 3.03. The number of aryl methyl sites for hydroxylation is 1. The second-order valence-corrected chi connectivity index (χ2v) is 3.18. The van der Waals surface area contributed by atoms with Crippen LogP contribution in [0.25, 0.3) is 0 Å². The monoisotopic (exact) mass is 181 g/mol. The Morgan fingerprint density at radius 2 is 2.15 bits per heavy atom. The molecule has 0 spiro atoms. The standard InChI is InChI=1S/C10H15NO2/c1-7-2-3-10(13)9(4-7)8(5-11)6-12/h2-4,8,12-13H,5-6,11H2,1H3. The molecule has 72 valence electrons. The maximum Gasteiger partial charge on any atom is 0.119 e. The molecule has 0 aliphatic carbocycles. The quantitative estimate of drug-likeness (QED) is 0.644. The molecule has 1 aromatic rings. The van der Waals surface area contributed by atoms with Gasteiger partial charge in [-0.2, -0.15) is 0 Å². The third-order valence-corrected chi connectivity index (χ3v) is 2.13. The number of aliphatic hydroxyl groups is 1. The van der Waals surface area contributed by atoms with Gasteiger partial charge in [0.15, 0.2) is 0 Å². The van der Waals surface area contributed by atoms with Crippen molar-refractivity contribution in [1.82, 2.24) is 0 Å². The lowest BCUT2D eigenvalue weighted by Gasteiger charge is -2.14. The van der Waals surface area contributed by atoms with Crippen LogP contribution < -0.4 is 5.73 Å². The normalized spacial score (nSPS) is 12.8. The summed E-state index contributed by atoms with van der Waals surface area (Å²) in [4.78, 5) is 0. The highest BCUT2D eigenvalue weighted by Crippen LogP contribution is 2.25. The van der Waals surface area contributed by atoms with Crippen LogP contribution >= 0.6 is 0 Å². The van der Waals surface area contributed by atoms with Crippen LogP contribution in [0.5, 0.6) is 5.75 Å². The van der Waals surface area contributed by atoms with E-state index in [-0.39, 0.29) is 18.3 Å². The van der Waals surface area contributed by atoms with Gasteiger partial charge in [0.2, 0.25) is 0 Å². The minimum absolute atomic E-state index is 0.0342. The molecule has 3 nitrogen and oxygen atoms in total. The van der Waals surface area contributed by atoms with Gasteiger partial charge in [-0.25, -0.2) is 0 Å². The van der Waals surface area contributed by atoms with Crippen LogP contribution in [0.2, 0.25) is 0 Å². The minimum atomic E-state index is -0.167. The Labute approximate surface area is 77.8 Å². The maximum atomic E-state index is 9.50. The van der Waals surface area contributed by atoms with E-state index in [1.54, 1.807) is 6.07 Å². The van der Waals surface area contributed by atoms with Gasteiger partial charge in [-0.1, -0.05) is 17.7 Å². The van der Waals surface area contributed by atoms with Crippen molar-refractivity contribution >= 4 is 0 Å². The van der Waals surface area contributed by atoms with Gasteiger partial charge in [-0.05, 0) is 13.0 Å². The molecule has 0 bridgehead atoms. The number of hydrogen-bond donors (Lipinski definition) is 3. The van der Waals surface area contributed by atoms with E-state index in [9.17, 15) is 5.11 Å². The number of hydrogen-bond acceptors (Lipinski definition) is 3. The van der Waals surface area contributed by atoms with Crippen molar-refractivity contribution in [1.29, 1.82) is 0 Å². The lowest BCUT2D eigenvalue weighted by atomic mass is 9.97. The van der Waals surface area contributed by atoms with Crippen LogP contribution in [0, 0.1) is 6.92 Å². The van der Waals surface area contributed by atoms with Gasteiger partial charge in [0.05, 0.1) is 6.61 Å². The maximum absolute atomic E-state index is 9.50. The van der Waals surface area contributed by atoms with Crippen molar-refractivity contribution in [2.75, 3.05) is 13.2 Å². The Bertz CT molecular complexity index is 282. The van der Waals surface area contributed by atoms with Crippen LogP contribution in [0.15, 0.2) is 18.2 Å². The lowest BCUT2D eigenvalue weighted by Crippen LogP contribution is -2.16. The zero-order chi connectivity index (χ0) is 9.84. The fourth-order valence-electron chi connectivity index (χ4n) is 1.30. The lowest BCUT2D eigenvalue weighted by molar-refractivity contribution is 0.265. The van der Waals surface area contributed by atoms with E-state index in [0.29, 0.717) is 6.54 Å². The number of phenolic OH excluding ortho intramolecular Hbond substituents is 1. The molecule has 3 heteroatoms. The summed E-state index contributed by atoms with van der Waals surface area (Å²) in [5, 5.41) is 18.5.